The SMILES string of the molecule is CC.N#Cc1cc(F)cc(-n2cc(C#CSI)c(OC(F)F)n2)c1. The lowest BCUT2D eigenvalue weighted by atomic mass is 10.2. The van der Waals surface area contributed by atoms with Crippen LogP contribution in [0.3, 0.4) is 0 Å². The molecule has 1 aromatic carbocycles. The van der Waals surface area contributed by atoms with E-state index < -0.39 is 12.4 Å². The Kier molecular flexibility index (Phi) is 8.50. The molecular weight excluding hydrogens is 454 g/mol. The van der Waals surface area contributed by atoms with Gasteiger partial charge in [-0.05, 0) is 38.3 Å². The van der Waals surface area contributed by atoms with Crippen molar-refractivity contribution in [2.24, 2.45) is 0 Å². The molecule has 0 radical (unpaired) electrons. The van der Waals surface area contributed by atoms with Gasteiger partial charge in [0.1, 0.15) is 11.4 Å². The van der Waals surface area contributed by atoms with Crippen molar-refractivity contribution in [3.8, 4) is 28.8 Å². The van der Waals surface area contributed by atoms with Crippen LogP contribution < -0.4 is 4.74 Å². The second-order valence-corrected chi connectivity index (χ2v) is 5.46. The summed E-state index contributed by atoms with van der Waals surface area (Å²) >= 11 is 1.92. The third-order valence-electron chi connectivity index (χ3n) is 2.38. The number of ether oxygens (including phenoxy) is 1. The van der Waals surface area contributed by atoms with Crippen LogP contribution in [-0.4, -0.2) is 16.4 Å². The summed E-state index contributed by atoms with van der Waals surface area (Å²) < 4.78 is 43.6. The van der Waals surface area contributed by atoms with Crippen LogP contribution in [0.4, 0.5) is 13.2 Å². The summed E-state index contributed by atoms with van der Waals surface area (Å²) in [5.74, 6) is 1.60. The molecular formula is C15H11F3IN3OS. The van der Waals surface area contributed by atoms with Crippen LogP contribution in [0.5, 0.6) is 5.88 Å². The highest BCUT2D eigenvalue weighted by Gasteiger charge is 2.15. The summed E-state index contributed by atoms with van der Waals surface area (Å²) in [6, 6.07) is 5.34. The minimum absolute atomic E-state index is 0.0808. The van der Waals surface area contributed by atoms with Gasteiger partial charge in [-0.15, -0.1) is 5.10 Å². The van der Waals surface area contributed by atoms with Gasteiger partial charge in [0, 0.05) is 21.2 Å². The van der Waals surface area contributed by atoms with Crippen molar-refractivity contribution in [2.45, 2.75) is 20.5 Å². The molecule has 0 saturated heterocycles. The molecule has 1 aromatic heterocycles. The largest absolute Gasteiger partial charge is 0.414 e. The summed E-state index contributed by atoms with van der Waals surface area (Å²) in [4.78, 5) is 0. The Balaban J connectivity index is 0.00000139. The Hall–Kier alpha value is -1.85. The third-order valence-corrected chi connectivity index (χ3v) is 3.22. The Morgan fingerprint density at radius 1 is 1.33 bits per heavy atom. The zero-order valence-electron chi connectivity index (χ0n) is 12.6. The molecule has 0 atom stereocenters. The summed E-state index contributed by atoms with van der Waals surface area (Å²) in [6.45, 7) is 0.943. The molecule has 4 nitrogen and oxygen atoms in total. The van der Waals surface area contributed by atoms with E-state index in [1.165, 1.54) is 12.3 Å². The summed E-state index contributed by atoms with van der Waals surface area (Å²) in [7, 11) is 1.16. The minimum atomic E-state index is -3.06. The first kappa shape index (κ1) is 20.2. The highest BCUT2D eigenvalue weighted by Crippen LogP contribution is 2.22. The molecule has 0 spiro atoms. The average molecular weight is 465 g/mol. The lowest BCUT2D eigenvalue weighted by Crippen LogP contribution is -2.04. The van der Waals surface area contributed by atoms with Gasteiger partial charge >= 0.3 is 6.61 Å². The molecule has 0 aliphatic heterocycles. The number of benzene rings is 1. The van der Waals surface area contributed by atoms with Crippen molar-refractivity contribution in [1.29, 1.82) is 5.26 Å². The summed E-state index contributed by atoms with van der Waals surface area (Å²) in [5.41, 5.74) is 0.412. The predicted molar refractivity (Wildman–Crippen MR) is 94.7 cm³/mol. The van der Waals surface area contributed by atoms with E-state index in [2.05, 4.69) is 21.0 Å². The lowest BCUT2D eigenvalue weighted by Gasteiger charge is -2.02. The van der Waals surface area contributed by atoms with E-state index >= 15 is 0 Å². The smallest absolute Gasteiger partial charge is 0.388 e. The maximum atomic E-state index is 13.4. The minimum Gasteiger partial charge on any atom is -0.414 e. The molecule has 0 amide bonds. The quantitative estimate of drug-likeness (QED) is 0.478. The molecule has 0 saturated carbocycles. The summed E-state index contributed by atoms with van der Waals surface area (Å²) in [6.07, 6.45) is 1.33. The number of alkyl halides is 2. The van der Waals surface area contributed by atoms with E-state index in [0.717, 1.165) is 25.7 Å². The van der Waals surface area contributed by atoms with Crippen molar-refractivity contribution in [3.05, 3.63) is 41.3 Å². The molecule has 0 aliphatic carbocycles. The van der Waals surface area contributed by atoms with E-state index in [1.54, 1.807) is 6.07 Å². The first-order valence-corrected chi connectivity index (χ1v) is 9.93. The van der Waals surface area contributed by atoms with Crippen LogP contribution in [0.15, 0.2) is 24.4 Å². The number of nitrogens with zero attached hydrogens (tertiary/aromatic N) is 3. The third kappa shape index (κ3) is 5.65. The van der Waals surface area contributed by atoms with Gasteiger partial charge in [-0.1, -0.05) is 13.8 Å². The van der Waals surface area contributed by atoms with Gasteiger partial charge in [-0.2, -0.15) is 14.0 Å². The second kappa shape index (κ2) is 10.1. The molecule has 24 heavy (non-hydrogen) atoms. The molecule has 0 unspecified atom stereocenters. The Morgan fingerprint density at radius 3 is 2.62 bits per heavy atom. The van der Waals surface area contributed by atoms with Gasteiger partial charge in [0.15, 0.2) is 0 Å². The Labute approximate surface area is 153 Å². The van der Waals surface area contributed by atoms with Crippen LogP contribution in [0.1, 0.15) is 25.0 Å². The molecule has 2 rings (SSSR count). The van der Waals surface area contributed by atoms with Gasteiger partial charge in [0.05, 0.1) is 23.5 Å². The molecule has 2 aromatic rings. The molecule has 0 fully saturated rings. The number of hydrogen-bond acceptors (Lipinski definition) is 4. The van der Waals surface area contributed by atoms with E-state index in [9.17, 15) is 13.2 Å². The zero-order chi connectivity index (χ0) is 18.1. The topological polar surface area (TPSA) is 50.8 Å². The first-order valence-electron chi connectivity index (χ1n) is 6.57. The fraction of sp³-hybridized carbons (Fsp3) is 0.200. The van der Waals surface area contributed by atoms with E-state index in [0.29, 0.717) is 0 Å². The van der Waals surface area contributed by atoms with Gasteiger partial charge in [0.25, 0.3) is 5.88 Å². The van der Waals surface area contributed by atoms with Gasteiger partial charge < -0.3 is 4.74 Å². The monoisotopic (exact) mass is 465 g/mol. The fourth-order valence-electron chi connectivity index (χ4n) is 1.59. The number of nitriles is 1. The fourth-order valence-corrected chi connectivity index (χ4v) is 2.07. The van der Waals surface area contributed by atoms with Crippen molar-refractivity contribution in [3.63, 3.8) is 0 Å². The van der Waals surface area contributed by atoms with Crippen LogP contribution >= 0.6 is 30.1 Å². The van der Waals surface area contributed by atoms with Crippen LogP contribution in [0.2, 0.25) is 0 Å². The predicted octanol–water partition coefficient (Wildman–Crippen LogP) is 4.90. The Bertz CT molecular complexity index is 793. The number of hydrogen-bond donors (Lipinski definition) is 0. The highest BCUT2D eigenvalue weighted by molar-refractivity contribution is 14.2. The highest BCUT2D eigenvalue weighted by atomic mass is 127. The molecule has 0 N–H and O–H groups in total. The molecule has 126 valence electrons. The van der Waals surface area contributed by atoms with Crippen LogP contribution in [-0.2, 0) is 0 Å². The van der Waals surface area contributed by atoms with Crippen molar-refractivity contribution >= 4 is 30.1 Å². The van der Waals surface area contributed by atoms with E-state index in [4.69, 9.17) is 5.26 Å². The maximum Gasteiger partial charge on any atom is 0.388 e. The zero-order valence-corrected chi connectivity index (χ0v) is 15.5. The van der Waals surface area contributed by atoms with Crippen molar-refractivity contribution in [2.75, 3.05) is 0 Å². The lowest BCUT2D eigenvalue weighted by molar-refractivity contribution is -0.0532. The van der Waals surface area contributed by atoms with Crippen molar-refractivity contribution in [1.82, 2.24) is 9.78 Å². The maximum absolute atomic E-state index is 13.4. The number of halogens is 4. The van der Waals surface area contributed by atoms with Crippen LogP contribution in [0, 0.1) is 28.3 Å². The van der Waals surface area contributed by atoms with Gasteiger partial charge in [-0.25, -0.2) is 9.07 Å². The first-order chi connectivity index (χ1) is 11.5. The molecule has 9 heteroatoms. The van der Waals surface area contributed by atoms with Gasteiger partial charge in [0.2, 0.25) is 0 Å². The Morgan fingerprint density at radius 2 is 2.04 bits per heavy atom. The number of rotatable bonds is 3. The average Bonchev–Trinajstić information content (AvgIpc) is 2.96. The van der Waals surface area contributed by atoms with Crippen LogP contribution in [0.25, 0.3) is 5.69 Å². The number of aromatic nitrogens is 2. The van der Waals surface area contributed by atoms with Crippen molar-refractivity contribution < 1.29 is 17.9 Å². The van der Waals surface area contributed by atoms with E-state index in [1.807, 2.05) is 35.1 Å². The summed E-state index contributed by atoms with van der Waals surface area (Å²) in [5, 5.41) is 15.3. The standard InChI is InChI=1S/C13H5F3IN3OS.C2H6/c14-10-3-8(6-18)4-11(5-10)20-7-9(1-2-22-17)12(19-20)21-13(15)16;1-2/h3-5,7,13H;1-2H3. The second-order valence-electron chi connectivity index (χ2n) is 3.79. The molecule has 1 heterocycles. The molecule has 0 aliphatic rings. The van der Waals surface area contributed by atoms with Gasteiger partial charge in [-0.3, -0.25) is 0 Å². The van der Waals surface area contributed by atoms with E-state index in [-0.39, 0.29) is 22.7 Å². The normalized spacial score (nSPS) is 9.42. The molecule has 0 bridgehead atoms.